The normalized spacial score (nSPS) is 10.1. The van der Waals surface area contributed by atoms with E-state index < -0.39 is 5.97 Å². The lowest BCUT2D eigenvalue weighted by Gasteiger charge is -2.04. The predicted molar refractivity (Wildman–Crippen MR) is 62.4 cm³/mol. The van der Waals surface area contributed by atoms with Gasteiger partial charge in [0.1, 0.15) is 11.8 Å². The van der Waals surface area contributed by atoms with E-state index in [1.54, 1.807) is 0 Å². The summed E-state index contributed by atoms with van der Waals surface area (Å²) in [6, 6.07) is 11.3. The molecule has 4 nitrogen and oxygen atoms in total. The van der Waals surface area contributed by atoms with E-state index in [1.165, 1.54) is 0 Å². The number of aliphatic carboxylic acids is 1. The molecule has 1 aromatic heterocycles. The van der Waals surface area contributed by atoms with E-state index in [9.17, 15) is 4.79 Å². The summed E-state index contributed by atoms with van der Waals surface area (Å²) in [7, 11) is 0. The molecule has 0 aliphatic heterocycles. The zero-order chi connectivity index (χ0) is 12.3. The number of nitriles is 1. The number of benzene rings is 1. The molecule has 0 atom stereocenters. The van der Waals surface area contributed by atoms with Gasteiger partial charge in [0.25, 0.3) is 0 Å². The Hall–Kier alpha value is -2.41. The van der Waals surface area contributed by atoms with Gasteiger partial charge in [-0.25, -0.2) is 4.98 Å². The molecule has 1 aromatic carbocycles. The van der Waals surface area contributed by atoms with Gasteiger partial charge in [0, 0.05) is 11.8 Å². The molecule has 0 unspecified atom stereocenters. The molecule has 0 saturated heterocycles. The standard InChI is InChI=1S/C13H10N2O2/c14-8-12-10(5-6-13(16)17)7-9-3-1-2-4-11(9)15-12/h1-4,7H,5-6H2,(H,16,17). The van der Waals surface area contributed by atoms with Crippen LogP contribution in [0.4, 0.5) is 0 Å². The number of hydrogen-bond acceptors (Lipinski definition) is 3. The molecule has 0 amide bonds. The number of carboxylic acid groups (broad SMARTS) is 1. The van der Waals surface area contributed by atoms with Crippen LogP contribution in [0.25, 0.3) is 10.9 Å². The zero-order valence-electron chi connectivity index (χ0n) is 9.05. The van der Waals surface area contributed by atoms with Crippen molar-refractivity contribution < 1.29 is 9.90 Å². The van der Waals surface area contributed by atoms with Crippen molar-refractivity contribution in [3.8, 4) is 6.07 Å². The SMILES string of the molecule is N#Cc1nc2ccccc2cc1CCC(=O)O. The van der Waals surface area contributed by atoms with E-state index in [0.29, 0.717) is 17.7 Å². The van der Waals surface area contributed by atoms with Gasteiger partial charge in [-0.2, -0.15) is 5.26 Å². The lowest BCUT2D eigenvalue weighted by Crippen LogP contribution is -2.01. The van der Waals surface area contributed by atoms with Crippen LogP contribution in [0.2, 0.25) is 0 Å². The van der Waals surface area contributed by atoms with Crippen LogP contribution in [0.15, 0.2) is 30.3 Å². The summed E-state index contributed by atoms with van der Waals surface area (Å²) in [4.78, 5) is 14.8. The molecule has 2 rings (SSSR count). The number of aromatic nitrogens is 1. The molecule has 4 heteroatoms. The van der Waals surface area contributed by atoms with Gasteiger partial charge < -0.3 is 5.11 Å². The van der Waals surface area contributed by atoms with Crippen LogP contribution in [0.3, 0.4) is 0 Å². The Labute approximate surface area is 98.1 Å². The van der Waals surface area contributed by atoms with E-state index in [1.807, 2.05) is 36.4 Å². The monoisotopic (exact) mass is 226 g/mol. The Morgan fingerprint density at radius 1 is 1.41 bits per heavy atom. The third-order valence-electron chi connectivity index (χ3n) is 2.52. The molecular formula is C13H10N2O2. The van der Waals surface area contributed by atoms with E-state index in [2.05, 4.69) is 4.98 Å². The quantitative estimate of drug-likeness (QED) is 0.869. The fourth-order valence-corrected chi connectivity index (χ4v) is 1.69. The van der Waals surface area contributed by atoms with Crippen LogP contribution in [-0.2, 0) is 11.2 Å². The lowest BCUT2D eigenvalue weighted by atomic mass is 10.1. The summed E-state index contributed by atoms with van der Waals surface area (Å²) in [6.45, 7) is 0. The Morgan fingerprint density at radius 3 is 2.88 bits per heavy atom. The molecular weight excluding hydrogens is 216 g/mol. The van der Waals surface area contributed by atoms with Crippen LogP contribution in [0.1, 0.15) is 17.7 Å². The fraction of sp³-hybridized carbons (Fsp3) is 0.154. The van der Waals surface area contributed by atoms with Crippen molar-refractivity contribution in [1.82, 2.24) is 4.98 Å². The van der Waals surface area contributed by atoms with Gasteiger partial charge in [0.2, 0.25) is 0 Å². The van der Waals surface area contributed by atoms with Gasteiger partial charge in [0.05, 0.1) is 5.52 Å². The van der Waals surface area contributed by atoms with E-state index in [0.717, 1.165) is 10.9 Å². The summed E-state index contributed by atoms with van der Waals surface area (Å²) in [6.07, 6.45) is 0.338. The van der Waals surface area contributed by atoms with Crippen molar-refractivity contribution in [2.45, 2.75) is 12.8 Å². The summed E-state index contributed by atoms with van der Waals surface area (Å²) >= 11 is 0. The Bertz CT molecular complexity index is 614. The third-order valence-corrected chi connectivity index (χ3v) is 2.52. The summed E-state index contributed by atoms with van der Waals surface area (Å²) < 4.78 is 0. The van der Waals surface area contributed by atoms with Gasteiger partial charge in [-0.1, -0.05) is 18.2 Å². The van der Waals surface area contributed by atoms with Crippen LogP contribution in [0.5, 0.6) is 0 Å². The van der Waals surface area contributed by atoms with Gasteiger partial charge in [-0.15, -0.1) is 0 Å². The first-order valence-corrected chi connectivity index (χ1v) is 5.21. The second-order valence-electron chi connectivity index (χ2n) is 3.69. The van der Waals surface area contributed by atoms with Crippen LogP contribution in [0, 0.1) is 11.3 Å². The molecule has 1 N–H and O–H groups in total. The molecule has 1 heterocycles. The first kappa shape index (κ1) is 11.1. The van der Waals surface area contributed by atoms with E-state index >= 15 is 0 Å². The first-order chi connectivity index (χ1) is 8.20. The lowest BCUT2D eigenvalue weighted by molar-refractivity contribution is -0.136. The Balaban J connectivity index is 2.46. The highest BCUT2D eigenvalue weighted by Crippen LogP contribution is 2.17. The third kappa shape index (κ3) is 2.40. The van der Waals surface area contributed by atoms with Crippen LogP contribution < -0.4 is 0 Å². The van der Waals surface area contributed by atoms with Gasteiger partial charge in [-0.3, -0.25) is 4.79 Å². The molecule has 0 bridgehead atoms. The van der Waals surface area contributed by atoms with Gasteiger partial charge in [-0.05, 0) is 24.1 Å². The molecule has 0 saturated carbocycles. The maximum atomic E-state index is 10.5. The van der Waals surface area contributed by atoms with Crippen LogP contribution >= 0.6 is 0 Å². The summed E-state index contributed by atoms with van der Waals surface area (Å²) in [5.41, 5.74) is 1.75. The summed E-state index contributed by atoms with van der Waals surface area (Å²) in [5.74, 6) is -0.873. The number of carboxylic acids is 1. The van der Waals surface area contributed by atoms with Crippen molar-refractivity contribution in [1.29, 1.82) is 5.26 Å². The number of para-hydroxylation sites is 1. The number of pyridine rings is 1. The summed E-state index contributed by atoms with van der Waals surface area (Å²) in [5, 5.41) is 18.6. The minimum absolute atomic E-state index is 0.00863. The largest absolute Gasteiger partial charge is 0.481 e. The van der Waals surface area contributed by atoms with Crippen molar-refractivity contribution >= 4 is 16.9 Å². The Morgan fingerprint density at radius 2 is 2.18 bits per heavy atom. The van der Waals surface area contributed by atoms with Gasteiger partial charge in [0.15, 0.2) is 0 Å². The maximum absolute atomic E-state index is 10.5. The van der Waals surface area contributed by atoms with E-state index in [-0.39, 0.29) is 6.42 Å². The van der Waals surface area contributed by atoms with Crippen LogP contribution in [-0.4, -0.2) is 16.1 Å². The molecule has 17 heavy (non-hydrogen) atoms. The number of aryl methyl sites for hydroxylation is 1. The number of carbonyl (C=O) groups is 1. The molecule has 2 aromatic rings. The van der Waals surface area contributed by atoms with Crippen molar-refractivity contribution in [3.63, 3.8) is 0 Å². The minimum Gasteiger partial charge on any atom is -0.481 e. The second-order valence-corrected chi connectivity index (χ2v) is 3.69. The highest BCUT2D eigenvalue weighted by atomic mass is 16.4. The molecule has 0 aliphatic rings. The molecule has 0 fully saturated rings. The topological polar surface area (TPSA) is 74.0 Å². The number of nitrogens with zero attached hydrogens (tertiary/aromatic N) is 2. The van der Waals surface area contributed by atoms with Crippen molar-refractivity contribution in [2.75, 3.05) is 0 Å². The number of rotatable bonds is 3. The maximum Gasteiger partial charge on any atom is 0.303 e. The minimum atomic E-state index is -0.873. The second kappa shape index (κ2) is 4.62. The molecule has 0 aliphatic carbocycles. The molecule has 0 radical (unpaired) electrons. The number of hydrogen-bond donors (Lipinski definition) is 1. The van der Waals surface area contributed by atoms with E-state index in [4.69, 9.17) is 10.4 Å². The smallest absolute Gasteiger partial charge is 0.303 e. The van der Waals surface area contributed by atoms with Crippen molar-refractivity contribution in [2.24, 2.45) is 0 Å². The average Bonchev–Trinajstić information content (AvgIpc) is 2.35. The zero-order valence-corrected chi connectivity index (χ0v) is 9.05. The van der Waals surface area contributed by atoms with Crippen molar-refractivity contribution in [3.05, 3.63) is 41.6 Å². The Kier molecular flexibility index (Phi) is 3.01. The predicted octanol–water partition coefficient (Wildman–Crippen LogP) is 2.12. The highest BCUT2D eigenvalue weighted by Gasteiger charge is 2.08. The molecule has 84 valence electrons. The number of fused-ring (bicyclic) bond motifs is 1. The average molecular weight is 226 g/mol. The first-order valence-electron chi connectivity index (χ1n) is 5.21. The van der Waals surface area contributed by atoms with Gasteiger partial charge >= 0.3 is 5.97 Å². The highest BCUT2D eigenvalue weighted by molar-refractivity contribution is 5.80. The molecule has 0 spiro atoms. The fourth-order valence-electron chi connectivity index (χ4n) is 1.69.